The van der Waals surface area contributed by atoms with Crippen molar-refractivity contribution < 1.29 is 23.4 Å². The average molecular weight is 273 g/mol. The standard InChI is InChI=1S/C13H17F2NO3/c1-19-8-10(7-17)16-13(18)5-3-9-2-4-11(14)12(15)6-9/h2,4,6,10,17H,3,5,7-8H2,1H3,(H,16,18). The van der Waals surface area contributed by atoms with Crippen LogP contribution in [0.25, 0.3) is 0 Å². The third-order valence-electron chi connectivity index (χ3n) is 2.58. The number of amides is 1. The number of aliphatic hydroxyl groups is 1. The number of aryl methyl sites for hydroxylation is 1. The van der Waals surface area contributed by atoms with Crippen LogP contribution in [-0.4, -0.2) is 37.4 Å². The summed E-state index contributed by atoms with van der Waals surface area (Å²) in [5, 5.41) is 11.6. The molecule has 1 atom stereocenters. The molecule has 0 heterocycles. The Morgan fingerprint density at radius 1 is 1.42 bits per heavy atom. The third kappa shape index (κ3) is 5.32. The highest BCUT2D eigenvalue weighted by Gasteiger charge is 2.11. The Labute approximate surface area is 110 Å². The first-order chi connectivity index (χ1) is 9.06. The molecule has 0 saturated carbocycles. The molecule has 1 unspecified atom stereocenters. The molecule has 0 aromatic heterocycles. The van der Waals surface area contributed by atoms with Gasteiger partial charge in [-0.3, -0.25) is 4.79 Å². The van der Waals surface area contributed by atoms with Gasteiger partial charge in [-0.2, -0.15) is 0 Å². The maximum Gasteiger partial charge on any atom is 0.220 e. The Bertz CT molecular complexity index is 426. The van der Waals surface area contributed by atoms with Crippen LogP contribution >= 0.6 is 0 Å². The van der Waals surface area contributed by atoms with Gasteiger partial charge in [0, 0.05) is 13.5 Å². The normalized spacial score (nSPS) is 12.2. The van der Waals surface area contributed by atoms with Crippen molar-refractivity contribution >= 4 is 5.91 Å². The number of carbonyl (C=O) groups is 1. The average Bonchev–Trinajstić information content (AvgIpc) is 2.39. The highest BCUT2D eigenvalue weighted by atomic mass is 19.2. The number of aliphatic hydroxyl groups excluding tert-OH is 1. The number of carbonyl (C=O) groups excluding carboxylic acids is 1. The van der Waals surface area contributed by atoms with E-state index in [2.05, 4.69) is 5.32 Å². The molecule has 0 aliphatic heterocycles. The zero-order valence-electron chi connectivity index (χ0n) is 10.7. The van der Waals surface area contributed by atoms with Crippen LogP contribution in [0, 0.1) is 11.6 Å². The van der Waals surface area contributed by atoms with E-state index in [1.807, 2.05) is 0 Å². The number of hydrogen-bond acceptors (Lipinski definition) is 3. The molecular weight excluding hydrogens is 256 g/mol. The summed E-state index contributed by atoms with van der Waals surface area (Å²) in [6, 6.07) is 3.08. The molecule has 0 radical (unpaired) electrons. The van der Waals surface area contributed by atoms with Crippen LogP contribution in [0.4, 0.5) is 8.78 Å². The van der Waals surface area contributed by atoms with Crippen molar-refractivity contribution in [1.29, 1.82) is 0 Å². The predicted octanol–water partition coefficient (Wildman–Crippen LogP) is 1.02. The van der Waals surface area contributed by atoms with Gasteiger partial charge in [-0.1, -0.05) is 6.07 Å². The lowest BCUT2D eigenvalue weighted by atomic mass is 10.1. The first-order valence-corrected chi connectivity index (χ1v) is 5.90. The summed E-state index contributed by atoms with van der Waals surface area (Å²) in [6.07, 6.45) is 0.430. The van der Waals surface area contributed by atoms with Crippen molar-refractivity contribution in [3.63, 3.8) is 0 Å². The molecule has 19 heavy (non-hydrogen) atoms. The van der Waals surface area contributed by atoms with E-state index in [1.54, 1.807) is 0 Å². The molecule has 1 aromatic carbocycles. The second-order valence-electron chi connectivity index (χ2n) is 4.15. The van der Waals surface area contributed by atoms with Crippen molar-refractivity contribution in [2.45, 2.75) is 18.9 Å². The Balaban J connectivity index is 2.43. The van der Waals surface area contributed by atoms with Crippen LogP contribution < -0.4 is 5.32 Å². The molecule has 6 heteroatoms. The topological polar surface area (TPSA) is 58.6 Å². The quantitative estimate of drug-likeness (QED) is 0.780. The van der Waals surface area contributed by atoms with Crippen LogP contribution in [0.1, 0.15) is 12.0 Å². The number of rotatable bonds is 7. The number of methoxy groups -OCH3 is 1. The molecule has 1 rings (SSSR count). The largest absolute Gasteiger partial charge is 0.394 e. The molecule has 0 aliphatic rings. The van der Waals surface area contributed by atoms with Crippen molar-refractivity contribution in [3.8, 4) is 0 Å². The van der Waals surface area contributed by atoms with E-state index in [9.17, 15) is 13.6 Å². The minimum atomic E-state index is -0.925. The molecule has 0 aliphatic carbocycles. The van der Waals surface area contributed by atoms with Gasteiger partial charge in [-0.05, 0) is 24.1 Å². The Morgan fingerprint density at radius 2 is 2.16 bits per heavy atom. The molecular formula is C13H17F2NO3. The van der Waals surface area contributed by atoms with E-state index in [0.29, 0.717) is 12.0 Å². The van der Waals surface area contributed by atoms with Gasteiger partial charge >= 0.3 is 0 Å². The number of halogens is 2. The zero-order chi connectivity index (χ0) is 14.3. The van der Waals surface area contributed by atoms with Gasteiger partial charge in [0.1, 0.15) is 0 Å². The smallest absolute Gasteiger partial charge is 0.220 e. The van der Waals surface area contributed by atoms with E-state index < -0.39 is 17.7 Å². The van der Waals surface area contributed by atoms with Crippen molar-refractivity contribution in [2.24, 2.45) is 0 Å². The van der Waals surface area contributed by atoms with Gasteiger partial charge < -0.3 is 15.2 Å². The zero-order valence-corrected chi connectivity index (χ0v) is 10.7. The number of hydrogen-bond donors (Lipinski definition) is 2. The summed E-state index contributed by atoms with van der Waals surface area (Å²) < 4.78 is 30.5. The highest BCUT2D eigenvalue weighted by molar-refractivity contribution is 5.76. The minimum absolute atomic E-state index is 0.130. The van der Waals surface area contributed by atoms with Gasteiger partial charge in [0.05, 0.1) is 19.3 Å². The summed E-state index contributed by atoms with van der Waals surface area (Å²) in [4.78, 5) is 11.6. The lowest BCUT2D eigenvalue weighted by Crippen LogP contribution is -2.40. The summed E-state index contributed by atoms with van der Waals surface area (Å²) in [6.45, 7) is -0.00181. The first kappa shape index (κ1) is 15.5. The maximum atomic E-state index is 12.9. The maximum absolute atomic E-state index is 12.9. The molecule has 1 aromatic rings. The van der Waals surface area contributed by atoms with Crippen LogP contribution in [0.2, 0.25) is 0 Å². The minimum Gasteiger partial charge on any atom is -0.394 e. The molecule has 0 saturated heterocycles. The Kier molecular flexibility index (Phi) is 6.38. The lowest BCUT2D eigenvalue weighted by molar-refractivity contribution is -0.122. The van der Waals surface area contributed by atoms with E-state index in [1.165, 1.54) is 13.2 Å². The summed E-state index contributed by atoms with van der Waals surface area (Å²) in [7, 11) is 1.47. The second-order valence-corrected chi connectivity index (χ2v) is 4.15. The predicted molar refractivity (Wildman–Crippen MR) is 65.6 cm³/mol. The Morgan fingerprint density at radius 3 is 2.74 bits per heavy atom. The second kappa shape index (κ2) is 7.81. The van der Waals surface area contributed by atoms with Crippen molar-refractivity contribution in [1.82, 2.24) is 5.32 Å². The number of nitrogens with one attached hydrogen (secondary N) is 1. The highest BCUT2D eigenvalue weighted by Crippen LogP contribution is 2.10. The molecule has 1 amide bonds. The van der Waals surface area contributed by atoms with E-state index >= 15 is 0 Å². The fraction of sp³-hybridized carbons (Fsp3) is 0.462. The molecule has 0 bridgehead atoms. The fourth-order valence-corrected chi connectivity index (χ4v) is 1.59. The molecule has 0 spiro atoms. The Hall–Kier alpha value is -1.53. The monoisotopic (exact) mass is 273 g/mol. The summed E-state index contributed by atoms with van der Waals surface area (Å²) >= 11 is 0. The summed E-state index contributed by atoms with van der Waals surface area (Å²) in [5.41, 5.74) is 0.543. The molecule has 0 fully saturated rings. The molecule has 106 valence electrons. The van der Waals surface area contributed by atoms with Crippen molar-refractivity contribution in [3.05, 3.63) is 35.4 Å². The number of benzene rings is 1. The summed E-state index contributed by atoms with van der Waals surface area (Å²) in [5.74, 6) is -2.11. The van der Waals surface area contributed by atoms with Crippen LogP contribution in [-0.2, 0) is 16.0 Å². The first-order valence-electron chi connectivity index (χ1n) is 5.90. The van der Waals surface area contributed by atoms with E-state index in [0.717, 1.165) is 12.1 Å². The van der Waals surface area contributed by atoms with Gasteiger partial charge in [-0.15, -0.1) is 0 Å². The molecule has 2 N–H and O–H groups in total. The fourth-order valence-electron chi connectivity index (χ4n) is 1.59. The van der Waals surface area contributed by atoms with Crippen molar-refractivity contribution in [2.75, 3.05) is 20.3 Å². The van der Waals surface area contributed by atoms with Gasteiger partial charge in [-0.25, -0.2) is 8.78 Å². The third-order valence-corrected chi connectivity index (χ3v) is 2.58. The van der Waals surface area contributed by atoms with Crippen LogP contribution in [0.15, 0.2) is 18.2 Å². The van der Waals surface area contributed by atoms with Gasteiger partial charge in [0.15, 0.2) is 11.6 Å². The number of ether oxygens (including phenoxy) is 1. The van der Waals surface area contributed by atoms with Crippen LogP contribution in [0.3, 0.4) is 0 Å². The van der Waals surface area contributed by atoms with Gasteiger partial charge in [0.25, 0.3) is 0 Å². The lowest BCUT2D eigenvalue weighted by Gasteiger charge is -2.15. The van der Waals surface area contributed by atoms with E-state index in [4.69, 9.17) is 9.84 Å². The van der Waals surface area contributed by atoms with Gasteiger partial charge in [0.2, 0.25) is 5.91 Å². The molecule has 4 nitrogen and oxygen atoms in total. The van der Waals surface area contributed by atoms with Crippen LogP contribution in [0.5, 0.6) is 0 Å². The van der Waals surface area contributed by atoms with E-state index in [-0.39, 0.29) is 25.5 Å². The SMILES string of the molecule is COCC(CO)NC(=O)CCc1ccc(F)c(F)c1.